The Morgan fingerprint density at radius 1 is 1.29 bits per heavy atom. The van der Waals surface area contributed by atoms with Crippen molar-refractivity contribution in [2.45, 2.75) is 45.4 Å². The number of aromatic nitrogens is 2. The second-order valence-corrected chi connectivity index (χ2v) is 7.33. The molecular weight excluding hydrogens is 298 g/mol. The van der Waals surface area contributed by atoms with Crippen LogP contribution >= 0.6 is 0 Å². The quantitative estimate of drug-likeness (QED) is 0.942. The van der Waals surface area contributed by atoms with Crippen molar-refractivity contribution in [3.63, 3.8) is 0 Å². The Morgan fingerprint density at radius 2 is 2.17 bits per heavy atom. The molecule has 126 valence electrons. The minimum Gasteiger partial charge on any atom is -0.338 e. The number of nitrogens with zero attached hydrogens (tertiary/aromatic N) is 2. The summed E-state index contributed by atoms with van der Waals surface area (Å²) < 4.78 is 0. The van der Waals surface area contributed by atoms with E-state index < -0.39 is 0 Å². The van der Waals surface area contributed by atoms with Crippen LogP contribution in [0.15, 0.2) is 24.4 Å². The Labute approximate surface area is 143 Å². The number of rotatable bonds is 3. The van der Waals surface area contributed by atoms with Gasteiger partial charge in [-0.15, -0.1) is 0 Å². The third-order valence-corrected chi connectivity index (χ3v) is 5.58. The van der Waals surface area contributed by atoms with E-state index in [1.807, 2.05) is 12.3 Å². The Morgan fingerprint density at radius 3 is 3.00 bits per heavy atom. The number of H-pyrrole nitrogens is 1. The Hall–Kier alpha value is -2.10. The van der Waals surface area contributed by atoms with Crippen molar-refractivity contribution in [1.82, 2.24) is 15.1 Å². The molecule has 0 radical (unpaired) electrons. The van der Waals surface area contributed by atoms with Crippen LogP contribution in [0, 0.1) is 12.8 Å². The molecule has 4 rings (SSSR count). The van der Waals surface area contributed by atoms with Crippen molar-refractivity contribution >= 4 is 5.91 Å². The first-order valence-electron chi connectivity index (χ1n) is 9.10. The topological polar surface area (TPSA) is 49.0 Å². The van der Waals surface area contributed by atoms with Crippen LogP contribution in [-0.4, -0.2) is 34.1 Å². The minimum atomic E-state index is 0.204. The normalized spacial score (nSPS) is 20.2. The van der Waals surface area contributed by atoms with Gasteiger partial charge in [0, 0.05) is 24.3 Å². The van der Waals surface area contributed by atoms with Crippen LogP contribution in [0.5, 0.6) is 0 Å². The minimum absolute atomic E-state index is 0.204. The average Bonchev–Trinajstić information content (AvgIpc) is 3.23. The van der Waals surface area contributed by atoms with E-state index in [1.165, 1.54) is 41.6 Å². The van der Waals surface area contributed by atoms with E-state index in [2.05, 4.69) is 34.2 Å². The SMILES string of the molecule is Cc1cn[nH]c1C[C@H]1CCCN(C(=O)c2ccc3c(c2)CCC3)C1. The number of hydrogen-bond acceptors (Lipinski definition) is 2. The van der Waals surface area contributed by atoms with Crippen LogP contribution in [0.4, 0.5) is 0 Å². The number of carbonyl (C=O) groups excluding carboxylic acids is 1. The summed E-state index contributed by atoms with van der Waals surface area (Å²) >= 11 is 0. The van der Waals surface area contributed by atoms with Crippen molar-refractivity contribution in [3.05, 3.63) is 52.3 Å². The van der Waals surface area contributed by atoms with Gasteiger partial charge < -0.3 is 4.90 Å². The number of fused-ring (bicyclic) bond motifs is 1. The smallest absolute Gasteiger partial charge is 0.253 e. The second-order valence-electron chi connectivity index (χ2n) is 7.33. The highest BCUT2D eigenvalue weighted by Gasteiger charge is 2.26. The summed E-state index contributed by atoms with van der Waals surface area (Å²) in [4.78, 5) is 15.0. The fourth-order valence-corrected chi connectivity index (χ4v) is 4.17. The maximum atomic E-state index is 12.9. The molecule has 1 aromatic carbocycles. The highest BCUT2D eigenvalue weighted by Crippen LogP contribution is 2.26. The van der Waals surface area contributed by atoms with Gasteiger partial charge in [-0.05, 0) is 80.2 Å². The third-order valence-electron chi connectivity index (χ3n) is 5.58. The second kappa shape index (κ2) is 6.42. The van der Waals surface area contributed by atoms with Crippen LogP contribution in [0.3, 0.4) is 0 Å². The summed E-state index contributed by atoms with van der Waals surface area (Å²) in [6.45, 7) is 3.83. The van der Waals surface area contributed by atoms with Crippen LogP contribution in [0.25, 0.3) is 0 Å². The van der Waals surface area contributed by atoms with Crippen molar-refractivity contribution in [2.24, 2.45) is 5.92 Å². The lowest BCUT2D eigenvalue weighted by Crippen LogP contribution is -2.40. The van der Waals surface area contributed by atoms with Gasteiger partial charge in [0.25, 0.3) is 5.91 Å². The molecule has 24 heavy (non-hydrogen) atoms. The number of nitrogens with one attached hydrogen (secondary N) is 1. The number of likely N-dealkylation sites (tertiary alicyclic amines) is 1. The summed E-state index contributed by atoms with van der Waals surface area (Å²) in [5, 5.41) is 7.22. The van der Waals surface area contributed by atoms with E-state index in [0.717, 1.165) is 37.9 Å². The first-order valence-corrected chi connectivity index (χ1v) is 9.10. The van der Waals surface area contributed by atoms with Crippen molar-refractivity contribution < 1.29 is 4.79 Å². The fraction of sp³-hybridized carbons (Fsp3) is 0.500. The third kappa shape index (κ3) is 2.97. The molecule has 0 spiro atoms. The maximum absolute atomic E-state index is 12.9. The number of hydrogen-bond donors (Lipinski definition) is 1. The van der Waals surface area contributed by atoms with E-state index in [9.17, 15) is 4.79 Å². The van der Waals surface area contributed by atoms with Gasteiger partial charge in [0.05, 0.1) is 6.20 Å². The molecule has 1 aliphatic carbocycles. The van der Waals surface area contributed by atoms with E-state index in [-0.39, 0.29) is 5.91 Å². The van der Waals surface area contributed by atoms with Gasteiger partial charge in [-0.25, -0.2) is 0 Å². The van der Waals surface area contributed by atoms with E-state index in [1.54, 1.807) is 0 Å². The molecule has 1 aliphatic heterocycles. The molecule has 1 aromatic heterocycles. The van der Waals surface area contributed by atoms with Gasteiger partial charge in [0.15, 0.2) is 0 Å². The van der Waals surface area contributed by atoms with Gasteiger partial charge in [0.2, 0.25) is 0 Å². The lowest BCUT2D eigenvalue weighted by Gasteiger charge is -2.33. The highest BCUT2D eigenvalue weighted by atomic mass is 16.2. The number of benzene rings is 1. The largest absolute Gasteiger partial charge is 0.338 e. The summed E-state index contributed by atoms with van der Waals surface area (Å²) in [5.41, 5.74) is 6.11. The standard InChI is InChI=1S/C20H25N3O/c1-14-12-21-22-19(14)10-15-4-3-9-23(13-15)20(24)18-8-7-16-5-2-6-17(16)11-18/h7-8,11-12,15H,2-6,9-10,13H2,1H3,(H,21,22)/t15-/m1/s1. The molecular formula is C20H25N3O. The predicted octanol–water partition coefficient (Wildman–Crippen LogP) is 3.30. The molecule has 0 unspecified atom stereocenters. The van der Waals surface area contributed by atoms with E-state index in [0.29, 0.717) is 5.92 Å². The van der Waals surface area contributed by atoms with Crippen molar-refractivity contribution in [3.8, 4) is 0 Å². The first-order chi connectivity index (χ1) is 11.7. The molecule has 2 heterocycles. The van der Waals surface area contributed by atoms with Crippen LogP contribution in [-0.2, 0) is 19.3 Å². The molecule has 4 heteroatoms. The Kier molecular flexibility index (Phi) is 4.13. The van der Waals surface area contributed by atoms with Gasteiger partial charge in [-0.2, -0.15) is 5.10 Å². The number of carbonyl (C=O) groups is 1. The molecule has 1 saturated heterocycles. The Balaban J connectivity index is 1.45. The monoisotopic (exact) mass is 323 g/mol. The number of aryl methyl sites for hydroxylation is 3. The lowest BCUT2D eigenvalue weighted by molar-refractivity contribution is 0.0672. The molecule has 0 saturated carbocycles. The lowest BCUT2D eigenvalue weighted by atomic mass is 9.92. The summed E-state index contributed by atoms with van der Waals surface area (Å²) in [6, 6.07) is 6.31. The van der Waals surface area contributed by atoms with Crippen LogP contribution < -0.4 is 0 Å². The highest BCUT2D eigenvalue weighted by molar-refractivity contribution is 5.94. The van der Waals surface area contributed by atoms with Crippen LogP contribution in [0.2, 0.25) is 0 Å². The van der Waals surface area contributed by atoms with Gasteiger partial charge in [-0.1, -0.05) is 6.07 Å². The van der Waals surface area contributed by atoms with Gasteiger partial charge >= 0.3 is 0 Å². The first kappa shape index (κ1) is 15.4. The van der Waals surface area contributed by atoms with Crippen molar-refractivity contribution in [2.75, 3.05) is 13.1 Å². The summed E-state index contributed by atoms with van der Waals surface area (Å²) in [5.74, 6) is 0.729. The van der Waals surface area contributed by atoms with E-state index in [4.69, 9.17) is 0 Å². The number of aromatic amines is 1. The zero-order chi connectivity index (χ0) is 16.5. The number of piperidine rings is 1. The zero-order valence-corrected chi connectivity index (χ0v) is 14.3. The molecule has 1 N–H and O–H groups in total. The molecule has 1 atom stereocenters. The fourth-order valence-electron chi connectivity index (χ4n) is 4.17. The average molecular weight is 323 g/mol. The maximum Gasteiger partial charge on any atom is 0.253 e. The van der Waals surface area contributed by atoms with Crippen LogP contribution in [0.1, 0.15) is 52.0 Å². The molecule has 2 aromatic rings. The molecule has 2 aliphatic rings. The van der Waals surface area contributed by atoms with Crippen molar-refractivity contribution in [1.29, 1.82) is 0 Å². The molecule has 1 amide bonds. The Bertz CT molecular complexity index is 749. The summed E-state index contributed by atoms with van der Waals surface area (Å²) in [7, 11) is 0. The molecule has 4 nitrogen and oxygen atoms in total. The van der Waals surface area contributed by atoms with E-state index >= 15 is 0 Å². The summed E-state index contributed by atoms with van der Waals surface area (Å²) in [6.07, 6.45) is 8.66. The molecule has 1 fully saturated rings. The van der Waals surface area contributed by atoms with Gasteiger partial charge in [-0.3, -0.25) is 9.89 Å². The predicted molar refractivity (Wildman–Crippen MR) is 94.1 cm³/mol. The number of amides is 1. The molecule has 0 bridgehead atoms. The van der Waals surface area contributed by atoms with Gasteiger partial charge in [0.1, 0.15) is 0 Å². The zero-order valence-electron chi connectivity index (χ0n) is 14.3.